The quantitative estimate of drug-likeness (QED) is 0.280. The lowest BCUT2D eigenvalue weighted by atomic mass is 10.1. The van der Waals surface area contributed by atoms with Gasteiger partial charge in [-0.25, -0.2) is 4.79 Å². The number of amides is 1. The maximum Gasteiger partial charge on any atom is 0.340 e. The molecule has 1 aliphatic rings. The lowest BCUT2D eigenvalue weighted by Crippen LogP contribution is -2.50. The summed E-state index contributed by atoms with van der Waals surface area (Å²) in [6, 6.07) is 8.81. The Morgan fingerprint density at radius 1 is 1.28 bits per heavy atom. The minimum absolute atomic E-state index is 0.00794. The molecule has 8 nitrogen and oxygen atoms in total. The highest BCUT2D eigenvalue weighted by molar-refractivity contribution is 5.99. The minimum Gasteiger partial charge on any atom is -0.462 e. The summed E-state index contributed by atoms with van der Waals surface area (Å²) in [5.41, 5.74) is 6.41. The van der Waals surface area contributed by atoms with E-state index in [9.17, 15) is 14.9 Å². The summed E-state index contributed by atoms with van der Waals surface area (Å²) in [6.45, 7) is 6.35. The van der Waals surface area contributed by atoms with E-state index in [4.69, 9.17) is 10.5 Å². The number of rotatable bonds is 9. The van der Waals surface area contributed by atoms with Crippen molar-refractivity contribution in [3.63, 3.8) is 0 Å². The molecule has 1 amide bonds. The monoisotopic (exact) mass is 399 g/mol. The second-order valence-electron chi connectivity index (χ2n) is 6.77. The average Bonchev–Trinajstić information content (AvgIpc) is 2.75. The highest BCUT2D eigenvalue weighted by atomic mass is 16.5. The molecule has 0 unspecified atom stereocenters. The van der Waals surface area contributed by atoms with Crippen LogP contribution in [0.4, 0.5) is 5.69 Å². The van der Waals surface area contributed by atoms with E-state index in [0.29, 0.717) is 37.5 Å². The largest absolute Gasteiger partial charge is 0.462 e. The van der Waals surface area contributed by atoms with Crippen molar-refractivity contribution in [1.29, 1.82) is 5.26 Å². The molecule has 0 atom stereocenters. The molecule has 156 valence electrons. The van der Waals surface area contributed by atoms with Gasteiger partial charge in [-0.3, -0.25) is 9.69 Å². The van der Waals surface area contributed by atoms with Gasteiger partial charge in [0.15, 0.2) is 0 Å². The van der Waals surface area contributed by atoms with Crippen LogP contribution in [0, 0.1) is 11.3 Å². The zero-order valence-corrected chi connectivity index (χ0v) is 16.9. The van der Waals surface area contributed by atoms with Crippen LogP contribution >= 0.6 is 0 Å². The maximum absolute atomic E-state index is 12.7. The van der Waals surface area contributed by atoms with Gasteiger partial charge in [-0.2, -0.15) is 5.26 Å². The van der Waals surface area contributed by atoms with Crippen molar-refractivity contribution in [2.24, 2.45) is 5.73 Å². The van der Waals surface area contributed by atoms with Crippen LogP contribution in [0.15, 0.2) is 36.0 Å². The molecule has 0 radical (unpaired) electrons. The number of nitrogens with two attached hydrogens (primary N) is 1. The van der Waals surface area contributed by atoms with Crippen molar-refractivity contribution in [2.75, 3.05) is 51.2 Å². The fraction of sp³-hybridized carbons (Fsp3) is 0.476. The summed E-state index contributed by atoms with van der Waals surface area (Å²) in [4.78, 5) is 28.8. The number of piperazine rings is 1. The molecule has 8 heteroatoms. The van der Waals surface area contributed by atoms with E-state index in [2.05, 4.69) is 10.2 Å². The molecule has 29 heavy (non-hydrogen) atoms. The Bertz CT molecular complexity index is 764. The summed E-state index contributed by atoms with van der Waals surface area (Å²) in [5, 5.41) is 12.4. The van der Waals surface area contributed by atoms with Crippen LogP contribution in [-0.4, -0.2) is 67.6 Å². The smallest absolute Gasteiger partial charge is 0.340 e. The Morgan fingerprint density at radius 2 is 2.00 bits per heavy atom. The van der Waals surface area contributed by atoms with Gasteiger partial charge in [0.1, 0.15) is 11.6 Å². The van der Waals surface area contributed by atoms with E-state index in [1.807, 2.05) is 13.0 Å². The molecule has 1 aliphatic heterocycles. The van der Waals surface area contributed by atoms with Crippen LogP contribution < -0.4 is 11.1 Å². The molecule has 0 aromatic heterocycles. The standard InChI is InChI=1S/C21H29N5O3/c1-2-3-14-29-21(28)18-6-4-5-7-19(18)24-16-17(15-23)20(27)26-12-10-25(9-8-22)11-13-26/h4-7,16,24H,2-3,8-14,22H2,1H3/b17-16-. The third-order valence-corrected chi connectivity index (χ3v) is 4.71. The highest BCUT2D eigenvalue weighted by Gasteiger charge is 2.23. The summed E-state index contributed by atoms with van der Waals surface area (Å²) < 4.78 is 5.26. The molecule has 2 rings (SSSR count). The van der Waals surface area contributed by atoms with Gasteiger partial charge in [0.2, 0.25) is 0 Å². The third-order valence-electron chi connectivity index (χ3n) is 4.71. The van der Waals surface area contributed by atoms with Crippen LogP contribution in [-0.2, 0) is 9.53 Å². The van der Waals surface area contributed by atoms with Gasteiger partial charge in [-0.05, 0) is 18.6 Å². The molecule has 0 bridgehead atoms. The van der Waals surface area contributed by atoms with Gasteiger partial charge >= 0.3 is 5.97 Å². The zero-order chi connectivity index (χ0) is 21.1. The van der Waals surface area contributed by atoms with Gasteiger partial charge < -0.3 is 20.7 Å². The predicted molar refractivity (Wildman–Crippen MR) is 111 cm³/mol. The minimum atomic E-state index is -0.434. The van der Waals surface area contributed by atoms with Gasteiger partial charge in [-0.1, -0.05) is 25.5 Å². The number of benzene rings is 1. The number of unbranched alkanes of at least 4 members (excludes halogenated alkanes) is 1. The zero-order valence-electron chi connectivity index (χ0n) is 16.9. The van der Waals surface area contributed by atoms with Crippen molar-refractivity contribution in [3.05, 3.63) is 41.6 Å². The van der Waals surface area contributed by atoms with Crippen LogP contribution in [0.2, 0.25) is 0 Å². The summed E-state index contributed by atoms with van der Waals surface area (Å²) >= 11 is 0. The number of esters is 1. The van der Waals surface area contributed by atoms with Crippen LogP contribution in [0.1, 0.15) is 30.1 Å². The number of hydrogen-bond acceptors (Lipinski definition) is 7. The van der Waals surface area contributed by atoms with Gasteiger partial charge in [-0.15, -0.1) is 0 Å². The Balaban J connectivity index is 2.03. The summed E-state index contributed by atoms with van der Waals surface area (Å²) in [7, 11) is 0. The fourth-order valence-corrected chi connectivity index (χ4v) is 2.99. The van der Waals surface area contributed by atoms with Crippen molar-refractivity contribution in [1.82, 2.24) is 9.80 Å². The number of anilines is 1. The molecule has 1 heterocycles. The fourth-order valence-electron chi connectivity index (χ4n) is 2.99. The number of nitrogens with one attached hydrogen (secondary N) is 1. The van der Waals surface area contributed by atoms with Gasteiger partial charge in [0, 0.05) is 45.5 Å². The Labute approximate surface area is 171 Å². The first-order valence-electron chi connectivity index (χ1n) is 9.95. The summed E-state index contributed by atoms with van der Waals surface area (Å²) in [6.07, 6.45) is 3.09. The molecule has 0 aliphatic carbocycles. The number of ether oxygens (including phenoxy) is 1. The van der Waals surface area contributed by atoms with Crippen molar-refractivity contribution in [3.8, 4) is 6.07 Å². The number of nitriles is 1. The molecule has 1 aromatic carbocycles. The average molecular weight is 399 g/mol. The Morgan fingerprint density at radius 3 is 2.66 bits per heavy atom. The number of para-hydroxylation sites is 1. The lowest BCUT2D eigenvalue weighted by molar-refractivity contribution is -0.128. The topological polar surface area (TPSA) is 112 Å². The summed E-state index contributed by atoms with van der Waals surface area (Å²) in [5.74, 6) is -0.758. The maximum atomic E-state index is 12.7. The first-order valence-corrected chi connectivity index (χ1v) is 9.95. The van der Waals surface area contributed by atoms with Crippen LogP contribution in [0.3, 0.4) is 0 Å². The van der Waals surface area contributed by atoms with E-state index in [1.54, 1.807) is 29.2 Å². The molecule has 0 spiro atoms. The number of carbonyl (C=O) groups is 2. The molecule has 1 aromatic rings. The van der Waals surface area contributed by atoms with Crippen molar-refractivity contribution >= 4 is 17.6 Å². The van der Waals surface area contributed by atoms with E-state index >= 15 is 0 Å². The van der Waals surface area contributed by atoms with E-state index in [1.165, 1.54) is 6.20 Å². The van der Waals surface area contributed by atoms with Crippen molar-refractivity contribution < 1.29 is 14.3 Å². The number of carbonyl (C=O) groups excluding carboxylic acids is 2. The Hall–Kier alpha value is -2.89. The van der Waals surface area contributed by atoms with Crippen LogP contribution in [0.25, 0.3) is 0 Å². The first kappa shape index (κ1) is 22.4. The van der Waals surface area contributed by atoms with Crippen LogP contribution in [0.5, 0.6) is 0 Å². The molecule has 1 fully saturated rings. The predicted octanol–water partition coefficient (Wildman–Crippen LogP) is 1.57. The Kier molecular flexibility index (Phi) is 9.15. The highest BCUT2D eigenvalue weighted by Crippen LogP contribution is 2.17. The first-order chi connectivity index (χ1) is 14.1. The number of hydrogen-bond donors (Lipinski definition) is 2. The van der Waals surface area contributed by atoms with Gasteiger partial charge in [0.25, 0.3) is 5.91 Å². The second kappa shape index (κ2) is 11.8. The number of nitrogens with zero attached hydrogens (tertiary/aromatic N) is 3. The van der Waals surface area contributed by atoms with E-state index < -0.39 is 5.97 Å². The van der Waals surface area contributed by atoms with E-state index in [-0.39, 0.29) is 11.5 Å². The van der Waals surface area contributed by atoms with Gasteiger partial charge in [0.05, 0.1) is 17.9 Å². The lowest BCUT2D eigenvalue weighted by Gasteiger charge is -2.34. The van der Waals surface area contributed by atoms with Crippen molar-refractivity contribution in [2.45, 2.75) is 19.8 Å². The van der Waals surface area contributed by atoms with E-state index in [0.717, 1.165) is 32.5 Å². The molecule has 1 saturated heterocycles. The molecule has 0 saturated carbocycles. The SMILES string of the molecule is CCCCOC(=O)c1ccccc1N/C=C(/C#N)C(=O)N1CCN(CCN)CC1. The third kappa shape index (κ3) is 6.59. The second-order valence-corrected chi connectivity index (χ2v) is 6.77. The molecular formula is C21H29N5O3. The normalized spacial score (nSPS) is 14.9. The molecule has 3 N–H and O–H groups in total. The molecular weight excluding hydrogens is 370 g/mol.